The molecule has 42 heavy (non-hydrogen) atoms. The number of aromatic nitrogens is 3. The predicted octanol–water partition coefficient (Wildman–Crippen LogP) is 9.99. The maximum absolute atomic E-state index is 6.53. The minimum atomic E-state index is 0.551. The van der Waals surface area contributed by atoms with Crippen LogP contribution >= 0.6 is 11.3 Å². The van der Waals surface area contributed by atoms with E-state index >= 15 is 0 Å². The van der Waals surface area contributed by atoms with Crippen LogP contribution in [-0.4, -0.2) is 15.2 Å². The fourth-order valence-electron chi connectivity index (χ4n) is 5.67. The van der Waals surface area contributed by atoms with Crippen LogP contribution in [0.1, 0.15) is 0 Å². The number of hydrogen-bond acceptors (Lipinski definition) is 7. The number of fused-ring (bicyclic) bond motifs is 4. The summed E-state index contributed by atoms with van der Waals surface area (Å²) >= 11 is 1.66. The summed E-state index contributed by atoms with van der Waals surface area (Å²) in [5.41, 5.74) is 5.19. The van der Waals surface area contributed by atoms with Crippen LogP contribution in [0.15, 0.2) is 129 Å². The Morgan fingerprint density at radius 2 is 1.50 bits per heavy atom. The van der Waals surface area contributed by atoms with Crippen molar-refractivity contribution in [3.8, 4) is 44.7 Å². The Hall–Kier alpha value is -5.53. The third-order valence-electron chi connectivity index (χ3n) is 7.58. The topological polar surface area (TPSA) is 78.1 Å². The van der Waals surface area contributed by atoms with Gasteiger partial charge in [0.2, 0.25) is 5.89 Å². The van der Waals surface area contributed by atoms with Gasteiger partial charge in [-0.1, -0.05) is 60.7 Å². The van der Waals surface area contributed by atoms with Gasteiger partial charge in [-0.05, 0) is 47.9 Å². The van der Waals surface area contributed by atoms with Crippen LogP contribution in [0, 0.1) is 0 Å². The lowest BCUT2D eigenvalue weighted by molar-refractivity contribution is 0.586. The van der Waals surface area contributed by atoms with E-state index in [9.17, 15) is 0 Å². The van der Waals surface area contributed by atoms with E-state index < -0.39 is 0 Å². The number of hydrogen-bond donors (Lipinski definition) is 0. The summed E-state index contributed by atoms with van der Waals surface area (Å²) in [6, 6.07) is 34.4. The van der Waals surface area contributed by atoms with E-state index in [-0.39, 0.29) is 0 Å². The Morgan fingerprint density at radius 3 is 2.36 bits per heavy atom. The number of nitrogens with zero attached hydrogens (tertiary/aromatic N) is 3. The van der Waals surface area contributed by atoms with Crippen LogP contribution in [-0.2, 0) is 0 Å². The molecule has 9 rings (SSSR count). The highest BCUT2D eigenvalue weighted by Crippen LogP contribution is 2.48. The molecule has 198 valence electrons. The van der Waals surface area contributed by atoms with E-state index in [0.717, 1.165) is 48.7 Å². The van der Waals surface area contributed by atoms with Crippen molar-refractivity contribution in [2.24, 2.45) is 0 Å². The number of furan rings is 2. The first kappa shape index (κ1) is 23.2. The fourth-order valence-corrected chi connectivity index (χ4v) is 6.66. The number of thiophene rings is 1. The maximum atomic E-state index is 6.53. The van der Waals surface area contributed by atoms with Crippen LogP contribution < -0.4 is 0 Å². The molecule has 0 spiro atoms. The van der Waals surface area contributed by atoms with Gasteiger partial charge in [0.25, 0.3) is 0 Å². The quantitative estimate of drug-likeness (QED) is 0.213. The molecule has 0 saturated carbocycles. The number of para-hydroxylation sites is 1. The molecule has 6 nitrogen and oxygen atoms in total. The van der Waals surface area contributed by atoms with Gasteiger partial charge in [-0.15, -0.1) is 11.3 Å². The van der Waals surface area contributed by atoms with Gasteiger partial charge in [-0.25, -0.2) is 4.98 Å². The van der Waals surface area contributed by atoms with Crippen LogP contribution in [0.3, 0.4) is 0 Å². The first-order valence-corrected chi connectivity index (χ1v) is 14.3. The first-order valence-electron chi connectivity index (χ1n) is 13.5. The Kier molecular flexibility index (Phi) is 4.97. The molecule has 0 atom stereocenters. The predicted molar refractivity (Wildman–Crippen MR) is 166 cm³/mol. The van der Waals surface area contributed by atoms with Gasteiger partial charge < -0.3 is 13.3 Å². The average molecular weight is 562 g/mol. The van der Waals surface area contributed by atoms with Crippen molar-refractivity contribution in [1.29, 1.82) is 0 Å². The standard InChI is InChI=1S/C35H19N3O3S/c1-4-11-23-22(10-1)19-39-34(23)32-31(27-16-20-8-2-5-13-26(20)40-27)24(25-12-7-15-36-38-25)18-28-33(32)37-35(41-28)30-17-21-9-3-6-14-29(21)42-30/h1-19H. The molecule has 0 aliphatic rings. The first-order chi connectivity index (χ1) is 20.8. The molecule has 5 heterocycles. The monoisotopic (exact) mass is 561 g/mol. The molecule has 0 radical (unpaired) electrons. The lowest BCUT2D eigenvalue weighted by Crippen LogP contribution is -1.94. The molecule has 0 aliphatic heterocycles. The van der Waals surface area contributed by atoms with Crippen molar-refractivity contribution in [3.63, 3.8) is 0 Å². The third kappa shape index (κ3) is 3.54. The van der Waals surface area contributed by atoms with Gasteiger partial charge in [0.1, 0.15) is 22.6 Å². The normalized spacial score (nSPS) is 11.8. The van der Waals surface area contributed by atoms with Gasteiger partial charge in [0, 0.05) is 38.2 Å². The molecular weight excluding hydrogens is 542 g/mol. The second-order valence-corrected chi connectivity index (χ2v) is 11.2. The van der Waals surface area contributed by atoms with E-state index in [2.05, 4.69) is 40.5 Å². The van der Waals surface area contributed by atoms with E-state index in [1.165, 1.54) is 4.70 Å². The van der Waals surface area contributed by atoms with E-state index in [4.69, 9.17) is 18.2 Å². The van der Waals surface area contributed by atoms with Crippen molar-refractivity contribution >= 4 is 54.3 Å². The molecule has 0 bridgehead atoms. The van der Waals surface area contributed by atoms with Gasteiger partial charge in [-0.2, -0.15) is 10.2 Å². The van der Waals surface area contributed by atoms with Gasteiger partial charge >= 0.3 is 0 Å². The van der Waals surface area contributed by atoms with Crippen molar-refractivity contribution in [2.45, 2.75) is 0 Å². The lowest BCUT2D eigenvalue weighted by atomic mass is 9.92. The summed E-state index contributed by atoms with van der Waals surface area (Å²) in [4.78, 5) is 6.07. The van der Waals surface area contributed by atoms with Crippen LogP contribution in [0.25, 0.3) is 87.6 Å². The maximum Gasteiger partial charge on any atom is 0.237 e. The fraction of sp³-hybridized carbons (Fsp3) is 0. The van der Waals surface area contributed by atoms with Crippen LogP contribution in [0.4, 0.5) is 0 Å². The van der Waals surface area contributed by atoms with Crippen molar-refractivity contribution < 1.29 is 13.3 Å². The zero-order valence-corrected chi connectivity index (χ0v) is 22.8. The number of benzene rings is 4. The molecule has 0 saturated heterocycles. The number of rotatable bonds is 4. The second-order valence-electron chi connectivity index (χ2n) is 10.1. The van der Waals surface area contributed by atoms with E-state index in [1.807, 2.05) is 72.8 Å². The summed E-state index contributed by atoms with van der Waals surface area (Å²) in [7, 11) is 0. The van der Waals surface area contributed by atoms with Crippen molar-refractivity contribution in [2.75, 3.05) is 0 Å². The molecule has 0 fully saturated rings. The molecule has 5 aromatic heterocycles. The summed E-state index contributed by atoms with van der Waals surface area (Å²) in [5, 5.41) is 12.8. The molecule has 0 amide bonds. The van der Waals surface area contributed by atoms with Gasteiger partial charge in [0.15, 0.2) is 5.58 Å². The largest absolute Gasteiger partial charge is 0.463 e. The second kappa shape index (κ2) is 8.99. The lowest BCUT2D eigenvalue weighted by Gasteiger charge is -2.12. The molecule has 0 aliphatic carbocycles. The SMILES string of the molecule is c1cnnc(-c2cc3oc(-c4cc5ccccc5s4)nc3c(-c3occ4ccccc34)c2-c2cc3ccccc3o2)c1. The van der Waals surface area contributed by atoms with Crippen molar-refractivity contribution in [3.05, 3.63) is 116 Å². The Morgan fingerprint density at radius 1 is 0.667 bits per heavy atom. The Balaban J connectivity index is 1.42. The molecule has 7 heteroatoms. The average Bonchev–Trinajstić information content (AvgIpc) is 3.84. The highest BCUT2D eigenvalue weighted by Gasteiger charge is 2.28. The molecular formula is C35H19N3O3S. The molecule has 0 N–H and O–H groups in total. The van der Waals surface area contributed by atoms with Gasteiger partial charge in [0.05, 0.1) is 22.4 Å². The summed E-state index contributed by atoms with van der Waals surface area (Å²) < 4.78 is 20.5. The minimum Gasteiger partial charge on any atom is -0.463 e. The number of oxazole rings is 1. The van der Waals surface area contributed by atoms with Gasteiger partial charge in [-0.3, -0.25) is 0 Å². The van der Waals surface area contributed by atoms with Crippen molar-refractivity contribution in [1.82, 2.24) is 15.2 Å². The Bertz CT molecular complexity index is 2370. The minimum absolute atomic E-state index is 0.551. The van der Waals surface area contributed by atoms with Crippen LogP contribution in [0.5, 0.6) is 0 Å². The summed E-state index contributed by atoms with van der Waals surface area (Å²) in [5.74, 6) is 1.92. The molecule has 9 aromatic rings. The highest BCUT2D eigenvalue weighted by molar-refractivity contribution is 7.22. The summed E-state index contributed by atoms with van der Waals surface area (Å²) in [6.07, 6.45) is 3.44. The molecule has 4 aromatic carbocycles. The summed E-state index contributed by atoms with van der Waals surface area (Å²) in [6.45, 7) is 0. The zero-order valence-electron chi connectivity index (χ0n) is 21.9. The zero-order chi connectivity index (χ0) is 27.6. The Labute approximate surface area is 242 Å². The molecule has 0 unspecified atom stereocenters. The third-order valence-corrected chi connectivity index (χ3v) is 8.68. The van der Waals surface area contributed by atoms with Crippen LogP contribution in [0.2, 0.25) is 0 Å². The van der Waals surface area contributed by atoms with E-state index in [1.54, 1.807) is 23.8 Å². The highest BCUT2D eigenvalue weighted by atomic mass is 32.1. The smallest absolute Gasteiger partial charge is 0.237 e. The van der Waals surface area contributed by atoms with E-state index in [0.29, 0.717) is 34.2 Å².